The highest BCUT2D eigenvalue weighted by Crippen LogP contribution is 2.33. The maximum absolute atomic E-state index is 12.6. The summed E-state index contributed by atoms with van der Waals surface area (Å²) in [5.41, 5.74) is 5.80. The van der Waals surface area contributed by atoms with Crippen molar-refractivity contribution in [2.45, 2.75) is 19.6 Å². The summed E-state index contributed by atoms with van der Waals surface area (Å²) in [5, 5.41) is 0.424. The molecule has 3 nitrogen and oxygen atoms in total. The van der Waals surface area contributed by atoms with E-state index in [-0.39, 0.29) is 0 Å². The summed E-state index contributed by atoms with van der Waals surface area (Å²) in [6.07, 6.45) is -4.36. The zero-order valence-electron chi connectivity index (χ0n) is 10.7. The minimum Gasteiger partial charge on any atom is -0.278 e. The second kappa shape index (κ2) is 5.69. The number of alkyl halides is 3. The highest BCUT2D eigenvalue weighted by atomic mass is 32.2. The minimum absolute atomic E-state index is 0.424. The molecule has 1 heterocycles. The normalized spacial score (nSPS) is 13.8. The van der Waals surface area contributed by atoms with Crippen LogP contribution in [0, 0.1) is 0 Å². The third-order valence-corrected chi connectivity index (χ3v) is 5.18. The number of rotatable bonds is 4. The molecule has 2 rings (SSSR count). The monoisotopic (exact) mass is 323 g/mol. The van der Waals surface area contributed by atoms with E-state index in [0.717, 1.165) is 23.5 Å². The molecule has 1 aromatic heterocycles. The topological polar surface area (TPSA) is 47.0 Å². The van der Waals surface area contributed by atoms with Crippen LogP contribution in [0.25, 0.3) is 10.2 Å². The Bertz CT molecular complexity index is 652. The van der Waals surface area contributed by atoms with Gasteiger partial charge in [-0.05, 0) is 29.5 Å². The molecule has 1 aromatic carbocycles. The number of aromatic nitrogens is 1. The van der Waals surface area contributed by atoms with Gasteiger partial charge in [-0.25, -0.2) is 4.57 Å². The van der Waals surface area contributed by atoms with Crippen LogP contribution in [0.15, 0.2) is 18.2 Å². The molecule has 0 aliphatic heterocycles. The van der Waals surface area contributed by atoms with Crippen molar-refractivity contribution in [3.05, 3.63) is 23.8 Å². The van der Waals surface area contributed by atoms with E-state index in [9.17, 15) is 17.4 Å². The number of nitrogens with two attached hydrogens (primary N) is 1. The van der Waals surface area contributed by atoms with Gasteiger partial charge in [0.15, 0.2) is 0 Å². The lowest BCUT2D eigenvalue weighted by Crippen LogP contribution is -2.37. The summed E-state index contributed by atoms with van der Waals surface area (Å²) < 4.78 is 51.6. The van der Waals surface area contributed by atoms with Crippen LogP contribution in [-0.4, -0.2) is 15.7 Å². The number of aryl methyl sites for hydroxylation is 1. The number of halogens is 3. The summed E-state index contributed by atoms with van der Waals surface area (Å²) >= 11 is 1.11. The molecule has 0 fully saturated rings. The first-order valence-corrected chi connectivity index (χ1v) is 8.27. The Balaban J connectivity index is 2.37. The van der Waals surface area contributed by atoms with E-state index in [2.05, 4.69) is 0 Å². The largest absolute Gasteiger partial charge is 0.416 e. The van der Waals surface area contributed by atoms with Crippen molar-refractivity contribution in [3.8, 4) is 0 Å². The molecule has 0 bridgehead atoms. The van der Waals surface area contributed by atoms with Crippen LogP contribution in [0.4, 0.5) is 18.3 Å². The summed E-state index contributed by atoms with van der Waals surface area (Å²) in [7, 11) is -0.933. The van der Waals surface area contributed by atoms with Gasteiger partial charge in [-0.1, -0.05) is 6.92 Å². The van der Waals surface area contributed by atoms with Crippen LogP contribution >= 0.6 is 11.3 Å². The van der Waals surface area contributed by atoms with Crippen LogP contribution in [0.1, 0.15) is 12.5 Å². The lowest BCUT2D eigenvalue weighted by molar-refractivity contribution is -0.648. The first-order chi connectivity index (χ1) is 9.32. The van der Waals surface area contributed by atoms with Gasteiger partial charge in [0.1, 0.15) is 12.1 Å². The van der Waals surface area contributed by atoms with Crippen LogP contribution in [0.5, 0.6) is 0 Å². The Morgan fingerprint density at radius 3 is 2.70 bits per heavy atom. The number of hydrogen-bond acceptors (Lipinski definition) is 3. The van der Waals surface area contributed by atoms with E-state index < -0.39 is 22.5 Å². The van der Waals surface area contributed by atoms with E-state index in [1.165, 1.54) is 6.07 Å². The van der Waals surface area contributed by atoms with Gasteiger partial charge < -0.3 is 0 Å². The third kappa shape index (κ3) is 3.12. The Morgan fingerprint density at radius 1 is 1.40 bits per heavy atom. The van der Waals surface area contributed by atoms with Gasteiger partial charge in [-0.2, -0.15) is 13.2 Å². The number of nitrogens with zero attached hydrogens (tertiary/aromatic N) is 1. The first-order valence-electron chi connectivity index (χ1n) is 5.97. The average Bonchev–Trinajstić information content (AvgIpc) is 2.69. The second-order valence-corrected chi connectivity index (χ2v) is 7.13. The molecular weight excluding hydrogens is 309 g/mol. The minimum atomic E-state index is -4.36. The molecule has 2 N–H and O–H groups in total. The predicted octanol–water partition coefficient (Wildman–Crippen LogP) is 2.56. The lowest BCUT2D eigenvalue weighted by Gasteiger charge is -2.05. The third-order valence-electron chi connectivity index (χ3n) is 2.92. The maximum atomic E-state index is 12.6. The molecule has 2 aromatic rings. The summed E-state index contributed by atoms with van der Waals surface area (Å²) in [5.74, 6) is 0.999. The lowest BCUT2D eigenvalue weighted by atomic mass is 10.2. The highest BCUT2D eigenvalue weighted by molar-refractivity contribution is 7.84. The fourth-order valence-electron chi connectivity index (χ4n) is 1.85. The fraction of sp³-hybridized carbons (Fsp3) is 0.417. The molecule has 110 valence electrons. The Hall–Kier alpha value is -1.15. The zero-order chi connectivity index (χ0) is 14.9. The van der Waals surface area contributed by atoms with Crippen molar-refractivity contribution < 1.29 is 21.9 Å². The van der Waals surface area contributed by atoms with E-state index >= 15 is 0 Å². The molecule has 1 unspecified atom stereocenters. The van der Waals surface area contributed by atoms with E-state index in [1.807, 2.05) is 6.92 Å². The summed E-state index contributed by atoms with van der Waals surface area (Å²) in [6.45, 7) is 2.27. The predicted molar refractivity (Wildman–Crippen MR) is 75.0 cm³/mol. The Morgan fingerprint density at radius 2 is 2.10 bits per heavy atom. The van der Waals surface area contributed by atoms with E-state index in [0.29, 0.717) is 33.4 Å². The van der Waals surface area contributed by atoms with Gasteiger partial charge in [-0.3, -0.25) is 9.94 Å². The molecule has 1 atom stereocenters. The Labute approximate surface area is 120 Å². The summed E-state index contributed by atoms with van der Waals surface area (Å²) in [6, 6.07) is 3.56. The summed E-state index contributed by atoms with van der Waals surface area (Å²) in [4.78, 5) is 0. The Kier molecular flexibility index (Phi) is 4.33. The first kappa shape index (κ1) is 15.2. The molecule has 8 heteroatoms. The average molecular weight is 323 g/mol. The smallest absolute Gasteiger partial charge is 0.278 e. The zero-order valence-corrected chi connectivity index (χ0v) is 12.4. The van der Waals surface area contributed by atoms with Crippen LogP contribution in [-0.2, 0) is 23.5 Å². The molecule has 0 amide bonds. The molecule has 0 aliphatic carbocycles. The van der Waals surface area contributed by atoms with Gasteiger partial charge in [0.2, 0.25) is 0 Å². The standard InChI is InChI=1S/C12H13F3N2OS2/c1-2-20(18)6-5-17-9-4-3-8(12(13,14)15)7-10(9)19-11(17)16/h3-4,7,16H,2,5-6H2,1H3/p+1. The molecule has 20 heavy (non-hydrogen) atoms. The molecule has 0 radical (unpaired) electrons. The molecule has 0 spiro atoms. The van der Waals surface area contributed by atoms with Gasteiger partial charge in [0, 0.05) is 16.6 Å². The van der Waals surface area contributed by atoms with Crippen molar-refractivity contribution >= 4 is 37.5 Å². The molecule has 0 saturated carbocycles. The highest BCUT2D eigenvalue weighted by Gasteiger charge is 2.31. The molecule has 0 aliphatic rings. The maximum Gasteiger partial charge on any atom is 0.416 e. The van der Waals surface area contributed by atoms with Crippen molar-refractivity contribution in [2.24, 2.45) is 0 Å². The van der Waals surface area contributed by atoms with Gasteiger partial charge in [-0.15, -0.1) is 0 Å². The molecule has 0 saturated heterocycles. The van der Waals surface area contributed by atoms with Crippen LogP contribution in [0.3, 0.4) is 0 Å². The number of anilines is 1. The van der Waals surface area contributed by atoms with Crippen molar-refractivity contribution in [1.82, 2.24) is 0 Å². The SMILES string of the molecule is CCS(=O)CC[n+]1c(N)sc2cc(C(F)(F)F)ccc21. The van der Waals surface area contributed by atoms with Crippen molar-refractivity contribution in [2.75, 3.05) is 17.2 Å². The molecular formula is C12H14F3N2OS2+. The van der Waals surface area contributed by atoms with Crippen molar-refractivity contribution in [1.29, 1.82) is 0 Å². The second-order valence-electron chi connectivity index (χ2n) is 4.20. The number of hydrogen-bond donors (Lipinski definition) is 1. The number of benzene rings is 1. The van der Waals surface area contributed by atoms with E-state index in [1.54, 1.807) is 4.57 Å². The van der Waals surface area contributed by atoms with Gasteiger partial charge in [0.25, 0.3) is 0 Å². The van der Waals surface area contributed by atoms with Crippen molar-refractivity contribution in [3.63, 3.8) is 0 Å². The number of fused-ring (bicyclic) bond motifs is 1. The van der Waals surface area contributed by atoms with Gasteiger partial charge >= 0.3 is 11.3 Å². The van der Waals surface area contributed by atoms with Crippen LogP contribution < -0.4 is 10.3 Å². The number of nitrogen functional groups attached to an aromatic ring is 1. The fourth-order valence-corrected chi connectivity index (χ4v) is 3.52. The van der Waals surface area contributed by atoms with Crippen LogP contribution in [0.2, 0.25) is 0 Å². The number of thiazole rings is 1. The quantitative estimate of drug-likeness (QED) is 0.879. The van der Waals surface area contributed by atoms with Gasteiger partial charge in [0.05, 0.1) is 16.0 Å². The van der Waals surface area contributed by atoms with E-state index in [4.69, 9.17) is 5.73 Å².